The second kappa shape index (κ2) is 13.0. The van der Waals surface area contributed by atoms with Crippen LogP contribution in [0.25, 0.3) is 0 Å². The summed E-state index contributed by atoms with van der Waals surface area (Å²) in [5.74, 6) is -0.0673. The second-order valence-electron chi connectivity index (χ2n) is 6.89. The first kappa shape index (κ1) is 26.7. The molecular weight excluding hydrogens is 399 g/mol. The van der Waals surface area contributed by atoms with Gasteiger partial charge in [-0.05, 0) is 18.7 Å². The van der Waals surface area contributed by atoms with Gasteiger partial charge in [-0.25, -0.2) is 0 Å². The number of nitrogens with zero attached hydrogens (tertiary/aromatic N) is 3. The Morgan fingerprint density at radius 3 is 2.00 bits per heavy atom. The average Bonchev–Trinajstić information content (AvgIpc) is 2.70. The molecule has 2 atom stereocenters. The third-order valence-corrected chi connectivity index (χ3v) is 5.31. The number of halogens is 2. The summed E-state index contributed by atoms with van der Waals surface area (Å²) in [7, 11) is 0. The predicted molar refractivity (Wildman–Crippen MR) is 118 cm³/mol. The van der Waals surface area contributed by atoms with Gasteiger partial charge in [0, 0.05) is 32.2 Å². The fraction of sp³-hybridized carbons (Fsp3) is 0.600. The van der Waals surface area contributed by atoms with E-state index in [0.717, 1.165) is 18.7 Å². The van der Waals surface area contributed by atoms with Crippen LogP contribution in [0.1, 0.15) is 32.4 Å². The molecule has 1 fully saturated rings. The summed E-state index contributed by atoms with van der Waals surface area (Å²) in [4.78, 5) is 31.0. The summed E-state index contributed by atoms with van der Waals surface area (Å²) < 4.78 is 0. The summed E-state index contributed by atoms with van der Waals surface area (Å²) in [6.45, 7) is 10.6. The molecule has 1 aromatic rings. The highest BCUT2D eigenvalue weighted by Crippen LogP contribution is 2.21. The molecule has 6 nitrogen and oxygen atoms in total. The number of hydrogen-bond acceptors (Lipinski definition) is 4. The van der Waals surface area contributed by atoms with E-state index in [1.807, 2.05) is 47.1 Å². The van der Waals surface area contributed by atoms with Crippen molar-refractivity contribution >= 4 is 36.6 Å². The zero-order valence-corrected chi connectivity index (χ0v) is 18.7. The minimum Gasteiger partial charge on any atom is -0.339 e. The van der Waals surface area contributed by atoms with Crippen LogP contribution in [-0.2, 0) is 9.59 Å². The normalized spacial score (nSPS) is 16.0. The molecule has 1 aromatic carbocycles. The van der Waals surface area contributed by atoms with Crippen molar-refractivity contribution in [1.29, 1.82) is 0 Å². The Balaban J connectivity index is 0.00000364. The smallest absolute Gasteiger partial charge is 0.236 e. The quantitative estimate of drug-likeness (QED) is 0.716. The summed E-state index contributed by atoms with van der Waals surface area (Å²) in [6, 6.07) is 9.42. The minimum atomic E-state index is -0.314. The van der Waals surface area contributed by atoms with Crippen LogP contribution < -0.4 is 5.73 Å². The van der Waals surface area contributed by atoms with Crippen LogP contribution in [0.4, 0.5) is 0 Å². The van der Waals surface area contributed by atoms with Gasteiger partial charge in [-0.1, -0.05) is 51.1 Å². The van der Waals surface area contributed by atoms with E-state index < -0.39 is 0 Å². The van der Waals surface area contributed by atoms with Gasteiger partial charge in [-0.15, -0.1) is 24.8 Å². The fourth-order valence-electron chi connectivity index (χ4n) is 3.32. The van der Waals surface area contributed by atoms with E-state index in [9.17, 15) is 9.59 Å². The van der Waals surface area contributed by atoms with Gasteiger partial charge in [-0.2, -0.15) is 0 Å². The first-order valence-electron chi connectivity index (χ1n) is 9.57. The van der Waals surface area contributed by atoms with Gasteiger partial charge in [-0.3, -0.25) is 14.5 Å². The van der Waals surface area contributed by atoms with E-state index in [1.165, 1.54) is 0 Å². The number of carbonyl (C=O) groups is 2. The van der Waals surface area contributed by atoms with Crippen molar-refractivity contribution in [3.8, 4) is 0 Å². The number of hydrogen-bond donors (Lipinski definition) is 1. The van der Waals surface area contributed by atoms with Crippen LogP contribution in [0, 0.1) is 5.92 Å². The molecule has 0 radical (unpaired) electrons. The first-order chi connectivity index (χ1) is 12.5. The van der Waals surface area contributed by atoms with Gasteiger partial charge in [0.2, 0.25) is 11.8 Å². The maximum Gasteiger partial charge on any atom is 0.236 e. The summed E-state index contributed by atoms with van der Waals surface area (Å²) >= 11 is 0. The lowest BCUT2D eigenvalue weighted by atomic mass is 9.94. The predicted octanol–water partition coefficient (Wildman–Crippen LogP) is 2.18. The van der Waals surface area contributed by atoms with Crippen LogP contribution in [0.3, 0.4) is 0 Å². The third kappa shape index (κ3) is 6.92. The van der Waals surface area contributed by atoms with Gasteiger partial charge in [0.25, 0.3) is 0 Å². The number of rotatable bonds is 7. The molecule has 1 aliphatic rings. The molecule has 2 rings (SSSR count). The zero-order valence-electron chi connectivity index (χ0n) is 17.0. The van der Waals surface area contributed by atoms with Gasteiger partial charge >= 0.3 is 0 Å². The molecule has 2 amide bonds. The molecule has 160 valence electrons. The van der Waals surface area contributed by atoms with Crippen molar-refractivity contribution in [3.63, 3.8) is 0 Å². The number of nitrogens with two attached hydrogens (primary N) is 1. The van der Waals surface area contributed by atoms with Crippen LogP contribution >= 0.6 is 24.8 Å². The molecule has 28 heavy (non-hydrogen) atoms. The van der Waals surface area contributed by atoms with Crippen LogP contribution in [0.5, 0.6) is 0 Å². The Hall–Kier alpha value is -1.34. The lowest BCUT2D eigenvalue weighted by molar-refractivity contribution is -0.142. The molecule has 1 aliphatic heterocycles. The average molecular weight is 433 g/mol. The van der Waals surface area contributed by atoms with Crippen molar-refractivity contribution in [2.45, 2.75) is 26.8 Å². The molecule has 2 unspecified atom stereocenters. The number of carbonyl (C=O) groups excluding carboxylic acids is 2. The number of benzene rings is 1. The molecule has 8 heteroatoms. The molecule has 2 N–H and O–H groups in total. The summed E-state index contributed by atoms with van der Waals surface area (Å²) in [5.41, 5.74) is 7.26. The molecule has 0 spiro atoms. The molecular formula is C20H34Cl2N4O2. The monoisotopic (exact) mass is 432 g/mol. The van der Waals surface area contributed by atoms with Crippen molar-refractivity contribution in [2.75, 3.05) is 45.8 Å². The molecule has 1 saturated heterocycles. The molecule has 1 heterocycles. The standard InChI is InChI=1S/C20H32N4O2.2ClH/c1-4-22(5-2)15-18(25)23-11-13-24(14-12-23)20(26)16(3)19(21)17-9-7-6-8-10-17;;/h6-10,16,19H,4-5,11-15,21H2,1-3H3;2*1H. The van der Waals surface area contributed by atoms with Gasteiger partial charge < -0.3 is 15.5 Å². The maximum absolute atomic E-state index is 12.8. The number of amides is 2. The molecule has 0 aliphatic carbocycles. The van der Waals surface area contributed by atoms with Crippen molar-refractivity contribution in [3.05, 3.63) is 35.9 Å². The van der Waals surface area contributed by atoms with Gasteiger partial charge in [0.1, 0.15) is 0 Å². The third-order valence-electron chi connectivity index (χ3n) is 5.31. The van der Waals surface area contributed by atoms with Crippen LogP contribution in [0.2, 0.25) is 0 Å². The highest BCUT2D eigenvalue weighted by molar-refractivity contribution is 5.85. The number of likely N-dealkylation sites (N-methyl/N-ethyl adjacent to an activating group) is 1. The van der Waals surface area contributed by atoms with Gasteiger partial charge in [0.05, 0.1) is 12.5 Å². The van der Waals surface area contributed by atoms with Gasteiger partial charge in [0.15, 0.2) is 0 Å². The molecule has 0 saturated carbocycles. The lowest BCUT2D eigenvalue weighted by Crippen LogP contribution is -2.54. The van der Waals surface area contributed by atoms with E-state index in [2.05, 4.69) is 18.7 Å². The molecule has 0 bridgehead atoms. The first-order valence-corrected chi connectivity index (χ1v) is 9.57. The Labute approximate surface area is 181 Å². The van der Waals surface area contributed by atoms with E-state index in [-0.39, 0.29) is 48.6 Å². The molecule has 0 aromatic heterocycles. The van der Waals surface area contributed by atoms with Crippen LogP contribution in [-0.4, -0.2) is 72.3 Å². The maximum atomic E-state index is 12.8. The Bertz CT molecular complexity index is 591. The lowest BCUT2D eigenvalue weighted by Gasteiger charge is -2.37. The highest BCUT2D eigenvalue weighted by Gasteiger charge is 2.30. The van der Waals surface area contributed by atoms with E-state index in [1.54, 1.807) is 0 Å². The Morgan fingerprint density at radius 2 is 1.50 bits per heavy atom. The SMILES string of the molecule is CCN(CC)CC(=O)N1CCN(C(=O)C(C)C(N)c2ccccc2)CC1.Cl.Cl. The van der Waals surface area contributed by atoms with Crippen molar-refractivity contribution in [1.82, 2.24) is 14.7 Å². The summed E-state index contributed by atoms with van der Waals surface area (Å²) in [6.07, 6.45) is 0. The minimum absolute atomic E-state index is 0. The Kier molecular flexibility index (Phi) is 12.4. The largest absolute Gasteiger partial charge is 0.339 e. The topological polar surface area (TPSA) is 69.9 Å². The highest BCUT2D eigenvalue weighted by atomic mass is 35.5. The van der Waals surface area contributed by atoms with Crippen molar-refractivity contribution < 1.29 is 9.59 Å². The number of piperazine rings is 1. The van der Waals surface area contributed by atoms with E-state index in [4.69, 9.17) is 5.73 Å². The Morgan fingerprint density at radius 1 is 1.00 bits per heavy atom. The summed E-state index contributed by atoms with van der Waals surface area (Å²) in [5, 5.41) is 0. The zero-order chi connectivity index (χ0) is 19.1. The fourth-order valence-corrected chi connectivity index (χ4v) is 3.32. The van der Waals surface area contributed by atoms with E-state index in [0.29, 0.717) is 32.7 Å². The van der Waals surface area contributed by atoms with Crippen molar-refractivity contribution in [2.24, 2.45) is 11.7 Å². The second-order valence-corrected chi connectivity index (χ2v) is 6.89. The van der Waals surface area contributed by atoms with Crippen LogP contribution in [0.15, 0.2) is 30.3 Å². The van der Waals surface area contributed by atoms with E-state index >= 15 is 0 Å².